The van der Waals surface area contributed by atoms with Gasteiger partial charge in [-0.2, -0.15) is 0 Å². The number of nitrogens with zero attached hydrogens (tertiary/aromatic N) is 3. The van der Waals surface area contributed by atoms with Crippen LogP contribution in [0.5, 0.6) is 0 Å². The number of carbonyl (C=O) groups is 1. The molecule has 0 atom stereocenters. The molecule has 0 radical (unpaired) electrons. The van der Waals surface area contributed by atoms with Crippen LogP contribution in [0.3, 0.4) is 0 Å². The van der Waals surface area contributed by atoms with Crippen LogP contribution >= 0.6 is 0 Å². The van der Waals surface area contributed by atoms with Gasteiger partial charge in [0.1, 0.15) is 0 Å². The van der Waals surface area contributed by atoms with Crippen molar-refractivity contribution in [3.8, 4) is 11.3 Å². The van der Waals surface area contributed by atoms with Crippen molar-refractivity contribution >= 4 is 11.8 Å². The van der Waals surface area contributed by atoms with Crippen LogP contribution in [0.4, 0.5) is 5.82 Å². The smallest absolute Gasteiger partial charge is 0.343 e. The van der Waals surface area contributed by atoms with Gasteiger partial charge in [-0.1, -0.05) is 48.8 Å². The minimum absolute atomic E-state index is 0.156. The highest BCUT2D eigenvalue weighted by Crippen LogP contribution is 2.31. The average Bonchev–Trinajstić information content (AvgIpc) is 3.06. The van der Waals surface area contributed by atoms with Crippen molar-refractivity contribution in [1.82, 2.24) is 10.1 Å². The first-order chi connectivity index (χ1) is 11.7. The van der Waals surface area contributed by atoms with Gasteiger partial charge in [0.05, 0.1) is 0 Å². The summed E-state index contributed by atoms with van der Waals surface area (Å²) in [6, 6.07) is 9.26. The Balaban J connectivity index is 1.80. The van der Waals surface area contributed by atoms with Gasteiger partial charge in [0.15, 0.2) is 17.1 Å². The summed E-state index contributed by atoms with van der Waals surface area (Å²) in [6.07, 6.45) is 2.38. The largest absolute Gasteiger partial charge is 0.477 e. The Labute approximate surface area is 141 Å². The molecule has 0 spiro atoms. The lowest BCUT2D eigenvalue weighted by molar-refractivity contribution is 0.0697. The molecule has 1 aliphatic rings. The van der Waals surface area contributed by atoms with E-state index in [0.29, 0.717) is 11.6 Å². The van der Waals surface area contributed by atoms with Gasteiger partial charge in [0.25, 0.3) is 0 Å². The van der Waals surface area contributed by atoms with E-state index in [2.05, 4.69) is 17.0 Å². The van der Waals surface area contributed by atoms with E-state index >= 15 is 0 Å². The van der Waals surface area contributed by atoms with E-state index < -0.39 is 5.97 Å². The predicted octanol–water partition coefficient (Wildman–Crippen LogP) is 2.96. The number of benzene rings is 1. The lowest BCUT2D eigenvalue weighted by Crippen LogP contribution is -2.47. The topological polar surface area (TPSA) is 69.8 Å². The molecule has 6 nitrogen and oxygen atoms in total. The van der Waals surface area contributed by atoms with Gasteiger partial charge in [0.2, 0.25) is 0 Å². The van der Waals surface area contributed by atoms with Crippen LogP contribution in [-0.4, -0.2) is 53.9 Å². The third-order valence-corrected chi connectivity index (χ3v) is 4.42. The van der Waals surface area contributed by atoms with Crippen molar-refractivity contribution in [1.29, 1.82) is 0 Å². The maximum Gasteiger partial charge on any atom is 0.343 e. The summed E-state index contributed by atoms with van der Waals surface area (Å²) >= 11 is 0. The number of piperazine rings is 1. The Morgan fingerprint density at radius 1 is 1.21 bits per heavy atom. The molecule has 0 amide bonds. The molecular weight excluding hydrogens is 306 g/mol. The zero-order chi connectivity index (χ0) is 16.9. The lowest BCUT2D eigenvalue weighted by Gasteiger charge is -2.34. The highest BCUT2D eigenvalue weighted by Gasteiger charge is 2.29. The summed E-state index contributed by atoms with van der Waals surface area (Å²) in [7, 11) is 0. The van der Waals surface area contributed by atoms with E-state index in [1.165, 1.54) is 12.8 Å². The van der Waals surface area contributed by atoms with Gasteiger partial charge in [0, 0.05) is 31.7 Å². The maximum absolute atomic E-state index is 11.8. The molecule has 0 unspecified atom stereocenters. The van der Waals surface area contributed by atoms with E-state index in [1.54, 1.807) is 0 Å². The van der Waals surface area contributed by atoms with Gasteiger partial charge in [-0.15, -0.1) is 0 Å². The number of hydrogen-bond acceptors (Lipinski definition) is 5. The number of anilines is 1. The molecule has 0 aliphatic carbocycles. The van der Waals surface area contributed by atoms with Crippen molar-refractivity contribution in [2.45, 2.75) is 19.8 Å². The number of aromatic nitrogens is 1. The standard InChI is InChI=1S/C18H23N3O3/c1-2-3-9-20-10-12-21(13-11-20)17-15(18(22)23)16(24-19-17)14-7-5-4-6-8-14/h4-8H,2-3,9-13H2,1H3,(H,22,23). The van der Waals surface area contributed by atoms with E-state index in [4.69, 9.17) is 4.52 Å². The van der Waals surface area contributed by atoms with Gasteiger partial charge < -0.3 is 14.5 Å². The Morgan fingerprint density at radius 3 is 2.54 bits per heavy atom. The quantitative estimate of drug-likeness (QED) is 0.878. The molecule has 1 saturated heterocycles. The van der Waals surface area contributed by atoms with Crippen LogP contribution in [0.2, 0.25) is 0 Å². The molecule has 1 aromatic heterocycles. The number of aromatic carboxylic acids is 1. The highest BCUT2D eigenvalue weighted by molar-refractivity contribution is 5.99. The van der Waals surface area contributed by atoms with E-state index in [0.717, 1.165) is 38.3 Å². The molecule has 128 valence electrons. The Kier molecular flexibility index (Phi) is 5.15. The average molecular weight is 329 g/mol. The Hall–Kier alpha value is -2.34. The minimum Gasteiger partial charge on any atom is -0.477 e. The number of hydrogen-bond donors (Lipinski definition) is 1. The zero-order valence-corrected chi connectivity index (χ0v) is 13.9. The van der Waals surface area contributed by atoms with Gasteiger partial charge in [-0.3, -0.25) is 4.90 Å². The highest BCUT2D eigenvalue weighted by atomic mass is 16.5. The second-order valence-electron chi connectivity index (χ2n) is 6.06. The summed E-state index contributed by atoms with van der Waals surface area (Å²) in [6.45, 7) is 6.68. The molecule has 2 heterocycles. The summed E-state index contributed by atoms with van der Waals surface area (Å²) in [5.41, 5.74) is 0.887. The Bertz CT molecular complexity index is 676. The first-order valence-electron chi connectivity index (χ1n) is 8.46. The summed E-state index contributed by atoms with van der Waals surface area (Å²) in [5.74, 6) is -0.235. The molecule has 1 aromatic carbocycles. The van der Waals surface area contributed by atoms with Gasteiger partial charge >= 0.3 is 5.97 Å². The van der Waals surface area contributed by atoms with Crippen molar-refractivity contribution in [2.24, 2.45) is 0 Å². The van der Waals surface area contributed by atoms with Crippen molar-refractivity contribution in [3.05, 3.63) is 35.9 Å². The monoisotopic (exact) mass is 329 g/mol. The van der Waals surface area contributed by atoms with E-state index in [9.17, 15) is 9.90 Å². The van der Waals surface area contributed by atoms with Crippen LogP contribution in [0.15, 0.2) is 34.9 Å². The zero-order valence-electron chi connectivity index (χ0n) is 13.9. The molecule has 24 heavy (non-hydrogen) atoms. The molecule has 1 aliphatic heterocycles. The van der Waals surface area contributed by atoms with E-state index in [-0.39, 0.29) is 5.56 Å². The van der Waals surface area contributed by atoms with Crippen LogP contribution in [0.25, 0.3) is 11.3 Å². The van der Waals surface area contributed by atoms with Gasteiger partial charge in [-0.25, -0.2) is 4.79 Å². The second kappa shape index (κ2) is 7.49. The molecular formula is C18H23N3O3. The normalized spacial score (nSPS) is 15.6. The maximum atomic E-state index is 11.8. The molecule has 0 bridgehead atoms. The second-order valence-corrected chi connectivity index (χ2v) is 6.06. The van der Waals surface area contributed by atoms with Crippen LogP contribution in [0, 0.1) is 0 Å². The molecule has 6 heteroatoms. The van der Waals surface area contributed by atoms with Crippen molar-refractivity contribution in [2.75, 3.05) is 37.6 Å². The fourth-order valence-corrected chi connectivity index (χ4v) is 3.04. The Morgan fingerprint density at radius 2 is 1.92 bits per heavy atom. The van der Waals surface area contributed by atoms with Crippen LogP contribution in [-0.2, 0) is 0 Å². The third-order valence-electron chi connectivity index (χ3n) is 4.42. The first kappa shape index (κ1) is 16.5. The SMILES string of the molecule is CCCCN1CCN(c2noc(-c3ccccc3)c2C(=O)O)CC1. The summed E-state index contributed by atoms with van der Waals surface area (Å²) in [5, 5.41) is 13.7. The summed E-state index contributed by atoms with van der Waals surface area (Å²) in [4.78, 5) is 16.2. The fourth-order valence-electron chi connectivity index (χ4n) is 3.04. The van der Waals surface area contributed by atoms with Gasteiger partial charge in [-0.05, 0) is 13.0 Å². The predicted molar refractivity (Wildman–Crippen MR) is 92.5 cm³/mol. The summed E-state index contributed by atoms with van der Waals surface area (Å²) < 4.78 is 5.40. The fraction of sp³-hybridized carbons (Fsp3) is 0.444. The third kappa shape index (κ3) is 3.43. The lowest BCUT2D eigenvalue weighted by atomic mass is 10.1. The van der Waals surface area contributed by atoms with Crippen molar-refractivity contribution in [3.63, 3.8) is 0 Å². The molecule has 2 aromatic rings. The van der Waals surface area contributed by atoms with Crippen molar-refractivity contribution < 1.29 is 14.4 Å². The molecule has 1 fully saturated rings. The molecule has 3 rings (SSSR count). The number of carboxylic acid groups (broad SMARTS) is 1. The van der Waals surface area contributed by atoms with Crippen LogP contribution in [0.1, 0.15) is 30.1 Å². The van der Waals surface area contributed by atoms with Crippen LogP contribution < -0.4 is 4.90 Å². The van der Waals surface area contributed by atoms with E-state index in [1.807, 2.05) is 35.2 Å². The number of rotatable bonds is 6. The first-order valence-corrected chi connectivity index (χ1v) is 8.46. The number of unbranched alkanes of at least 4 members (excludes halogenated alkanes) is 1. The molecule has 1 N–H and O–H groups in total. The molecule has 0 saturated carbocycles. The minimum atomic E-state index is -1.00. The number of carboxylic acids is 1.